The second-order valence-electron chi connectivity index (χ2n) is 7.13. The van der Waals surface area contributed by atoms with E-state index in [1.807, 2.05) is 32.3 Å². The van der Waals surface area contributed by atoms with Crippen LogP contribution >= 0.6 is 0 Å². The van der Waals surface area contributed by atoms with Crippen LogP contribution in [0.15, 0.2) is 30.6 Å². The number of anilines is 1. The highest BCUT2D eigenvalue weighted by atomic mass is 16.7. The lowest BCUT2D eigenvalue weighted by Gasteiger charge is -2.36. The van der Waals surface area contributed by atoms with Gasteiger partial charge in [-0.3, -0.25) is 4.98 Å². The summed E-state index contributed by atoms with van der Waals surface area (Å²) in [5.41, 5.74) is 2.02. The predicted molar refractivity (Wildman–Crippen MR) is 97.6 cm³/mol. The quantitative estimate of drug-likeness (QED) is 0.893. The maximum absolute atomic E-state index is 10.7. The fraction of sp³-hybridized carbons (Fsp3) is 0.474. The minimum absolute atomic E-state index is 0.0821. The van der Waals surface area contributed by atoms with Crippen molar-refractivity contribution in [2.75, 3.05) is 38.9 Å². The molecule has 0 saturated carbocycles. The molecule has 4 rings (SSSR count). The lowest BCUT2D eigenvalue weighted by Crippen LogP contribution is -2.43. The number of aliphatic hydroxyl groups is 1. The Balaban J connectivity index is 1.47. The zero-order valence-corrected chi connectivity index (χ0v) is 15.1. The SMILES string of the molecule is CN(C)Cc1cncc(N2CC[C@@H](c3ccc4c(c3)OCO4)[C@H](O)C2)n1. The lowest BCUT2D eigenvalue weighted by atomic mass is 9.87. The second kappa shape index (κ2) is 7.09. The number of hydrogen-bond donors (Lipinski definition) is 1. The van der Waals surface area contributed by atoms with Crippen LogP contribution in [0.4, 0.5) is 5.82 Å². The van der Waals surface area contributed by atoms with Crippen molar-refractivity contribution in [2.45, 2.75) is 25.0 Å². The minimum atomic E-state index is -0.469. The molecule has 0 aliphatic carbocycles. The van der Waals surface area contributed by atoms with E-state index in [4.69, 9.17) is 14.5 Å². The van der Waals surface area contributed by atoms with E-state index < -0.39 is 6.10 Å². The Morgan fingerprint density at radius 2 is 2.08 bits per heavy atom. The van der Waals surface area contributed by atoms with Crippen molar-refractivity contribution in [1.29, 1.82) is 0 Å². The Hall–Kier alpha value is -2.38. The molecule has 7 heteroatoms. The van der Waals surface area contributed by atoms with Crippen LogP contribution in [0.3, 0.4) is 0 Å². The van der Waals surface area contributed by atoms with E-state index in [0.717, 1.165) is 48.1 Å². The van der Waals surface area contributed by atoms with Gasteiger partial charge in [-0.2, -0.15) is 0 Å². The molecule has 0 spiro atoms. The van der Waals surface area contributed by atoms with Crippen LogP contribution in [0.2, 0.25) is 0 Å². The Morgan fingerprint density at radius 1 is 1.23 bits per heavy atom. The standard InChI is InChI=1S/C19H24N4O3/c1-22(2)10-14-8-20-9-19(21-14)23-6-5-15(16(24)11-23)13-3-4-17-18(7-13)26-12-25-17/h3-4,7-9,15-16,24H,5-6,10-12H2,1-2H3/t15-,16+/m0/s1. The van der Waals surface area contributed by atoms with Gasteiger partial charge < -0.3 is 24.4 Å². The fourth-order valence-corrected chi connectivity index (χ4v) is 3.62. The van der Waals surface area contributed by atoms with Crippen LogP contribution in [0.25, 0.3) is 0 Å². The van der Waals surface area contributed by atoms with Crippen molar-refractivity contribution in [3.63, 3.8) is 0 Å². The highest BCUT2D eigenvalue weighted by Crippen LogP contribution is 2.37. The third kappa shape index (κ3) is 3.45. The molecule has 2 aliphatic heterocycles. The molecule has 1 aromatic heterocycles. The maximum Gasteiger partial charge on any atom is 0.231 e. The smallest absolute Gasteiger partial charge is 0.231 e. The molecule has 1 aromatic carbocycles. The van der Waals surface area contributed by atoms with Gasteiger partial charge in [0, 0.05) is 31.7 Å². The molecule has 0 radical (unpaired) electrons. The van der Waals surface area contributed by atoms with Gasteiger partial charge in [0.1, 0.15) is 5.82 Å². The average Bonchev–Trinajstić information content (AvgIpc) is 3.09. The number of β-amino-alcohol motifs (C(OH)–C–C–N with tert-alkyl or cyclic N) is 1. The van der Waals surface area contributed by atoms with Crippen molar-refractivity contribution in [2.24, 2.45) is 0 Å². The van der Waals surface area contributed by atoms with Gasteiger partial charge in [0.25, 0.3) is 0 Å². The van der Waals surface area contributed by atoms with Gasteiger partial charge >= 0.3 is 0 Å². The molecule has 0 bridgehead atoms. The molecule has 0 unspecified atom stereocenters. The summed E-state index contributed by atoms with van der Waals surface area (Å²) in [6, 6.07) is 5.94. The number of ether oxygens (including phenoxy) is 2. The van der Waals surface area contributed by atoms with Gasteiger partial charge in [-0.05, 0) is 38.2 Å². The van der Waals surface area contributed by atoms with E-state index in [-0.39, 0.29) is 12.7 Å². The van der Waals surface area contributed by atoms with Crippen LogP contribution in [0.1, 0.15) is 23.6 Å². The molecule has 0 amide bonds. The van der Waals surface area contributed by atoms with Gasteiger partial charge in [-0.1, -0.05) is 6.07 Å². The minimum Gasteiger partial charge on any atom is -0.454 e. The summed E-state index contributed by atoms with van der Waals surface area (Å²) >= 11 is 0. The van der Waals surface area contributed by atoms with Gasteiger partial charge in [0.05, 0.1) is 18.0 Å². The molecule has 1 fully saturated rings. The van der Waals surface area contributed by atoms with Crippen LogP contribution in [0.5, 0.6) is 11.5 Å². The van der Waals surface area contributed by atoms with Crippen molar-refractivity contribution in [1.82, 2.24) is 14.9 Å². The number of rotatable bonds is 4. The summed E-state index contributed by atoms with van der Waals surface area (Å²) in [4.78, 5) is 13.2. The first-order valence-corrected chi connectivity index (χ1v) is 8.88. The largest absolute Gasteiger partial charge is 0.454 e. The predicted octanol–water partition coefficient (Wildman–Crippen LogP) is 1.62. The average molecular weight is 356 g/mol. The Morgan fingerprint density at radius 3 is 2.88 bits per heavy atom. The third-order valence-corrected chi connectivity index (χ3v) is 4.88. The topological polar surface area (TPSA) is 71.0 Å². The number of hydrogen-bond acceptors (Lipinski definition) is 7. The molecule has 2 atom stereocenters. The summed E-state index contributed by atoms with van der Waals surface area (Å²) in [5, 5.41) is 10.7. The van der Waals surface area contributed by atoms with Crippen LogP contribution in [-0.2, 0) is 6.54 Å². The molecule has 2 aromatic rings. The first-order valence-electron chi connectivity index (χ1n) is 8.88. The normalized spacial score (nSPS) is 22.1. The molecule has 3 heterocycles. The molecule has 26 heavy (non-hydrogen) atoms. The molecule has 2 aliphatic rings. The van der Waals surface area contributed by atoms with E-state index in [0.29, 0.717) is 6.54 Å². The molecule has 1 saturated heterocycles. The highest BCUT2D eigenvalue weighted by Gasteiger charge is 2.30. The Kier molecular flexibility index (Phi) is 4.65. The molecule has 7 nitrogen and oxygen atoms in total. The summed E-state index contributed by atoms with van der Waals surface area (Å²) < 4.78 is 10.8. The van der Waals surface area contributed by atoms with Crippen molar-refractivity contribution in [3.05, 3.63) is 41.9 Å². The summed E-state index contributed by atoms with van der Waals surface area (Å²) in [7, 11) is 4.02. The number of fused-ring (bicyclic) bond motifs is 1. The summed E-state index contributed by atoms with van der Waals surface area (Å²) in [6.45, 7) is 2.38. The number of benzene rings is 1. The van der Waals surface area contributed by atoms with E-state index in [1.54, 1.807) is 12.4 Å². The molecular formula is C19H24N4O3. The van der Waals surface area contributed by atoms with Gasteiger partial charge in [0.2, 0.25) is 6.79 Å². The first kappa shape index (κ1) is 17.1. The fourth-order valence-electron chi connectivity index (χ4n) is 3.62. The Labute approximate surface area is 153 Å². The zero-order chi connectivity index (χ0) is 18.1. The summed E-state index contributed by atoms with van der Waals surface area (Å²) in [6.07, 6.45) is 3.94. The van der Waals surface area contributed by atoms with Crippen LogP contribution in [0, 0.1) is 0 Å². The summed E-state index contributed by atoms with van der Waals surface area (Å²) in [5.74, 6) is 2.44. The molecule has 138 valence electrons. The third-order valence-electron chi connectivity index (χ3n) is 4.88. The van der Waals surface area contributed by atoms with Gasteiger partial charge in [-0.25, -0.2) is 4.98 Å². The van der Waals surface area contributed by atoms with E-state index in [1.165, 1.54) is 0 Å². The van der Waals surface area contributed by atoms with Crippen molar-refractivity contribution in [3.8, 4) is 11.5 Å². The van der Waals surface area contributed by atoms with Gasteiger partial charge in [-0.15, -0.1) is 0 Å². The highest BCUT2D eigenvalue weighted by molar-refractivity contribution is 5.46. The van der Waals surface area contributed by atoms with Crippen molar-refractivity contribution >= 4 is 5.82 Å². The lowest BCUT2D eigenvalue weighted by molar-refractivity contribution is 0.129. The van der Waals surface area contributed by atoms with Crippen molar-refractivity contribution < 1.29 is 14.6 Å². The van der Waals surface area contributed by atoms with Crippen LogP contribution < -0.4 is 14.4 Å². The van der Waals surface area contributed by atoms with Crippen LogP contribution in [-0.4, -0.2) is 60.1 Å². The number of aliphatic hydroxyl groups excluding tert-OH is 1. The van der Waals surface area contributed by atoms with E-state index in [9.17, 15) is 5.11 Å². The second-order valence-corrected chi connectivity index (χ2v) is 7.13. The maximum atomic E-state index is 10.7. The zero-order valence-electron chi connectivity index (χ0n) is 15.1. The number of piperidine rings is 1. The number of nitrogens with zero attached hydrogens (tertiary/aromatic N) is 4. The first-order chi connectivity index (χ1) is 12.6. The number of aromatic nitrogens is 2. The molecule has 1 N–H and O–H groups in total. The Bertz CT molecular complexity index is 783. The van der Waals surface area contributed by atoms with Gasteiger partial charge in [0.15, 0.2) is 11.5 Å². The monoisotopic (exact) mass is 356 g/mol. The van der Waals surface area contributed by atoms with E-state index >= 15 is 0 Å². The molecular weight excluding hydrogens is 332 g/mol. The van der Waals surface area contributed by atoms with E-state index in [2.05, 4.69) is 14.8 Å².